The van der Waals surface area contributed by atoms with Crippen LogP contribution >= 0.6 is 0 Å². The molecule has 7 heteroatoms. The van der Waals surface area contributed by atoms with Crippen LogP contribution in [0.4, 0.5) is 5.69 Å². The number of amides is 1. The van der Waals surface area contributed by atoms with Crippen LogP contribution in [0, 0.1) is 6.92 Å². The number of hydrogen-bond donors (Lipinski definition) is 1. The van der Waals surface area contributed by atoms with Crippen LogP contribution in [-0.2, 0) is 9.53 Å². The van der Waals surface area contributed by atoms with Gasteiger partial charge in [-0.3, -0.25) is 4.79 Å². The number of rotatable bonds is 5. The number of nitrogens with one attached hydrogen (secondary N) is 1. The fraction of sp³-hybridized carbons (Fsp3) is 0.300. The topological polar surface area (TPSA) is 83.1 Å². The van der Waals surface area contributed by atoms with Crippen LogP contribution in [0.5, 0.6) is 17.2 Å². The van der Waals surface area contributed by atoms with Crippen LogP contribution in [0.2, 0.25) is 0 Å². The lowest BCUT2D eigenvalue weighted by atomic mass is 10.1. The van der Waals surface area contributed by atoms with Crippen LogP contribution in [0.3, 0.4) is 0 Å². The Morgan fingerprint density at radius 1 is 1.07 bits per heavy atom. The summed E-state index contributed by atoms with van der Waals surface area (Å²) in [5, 5.41) is 2.71. The zero-order valence-electron chi connectivity index (χ0n) is 15.4. The maximum atomic E-state index is 12.4. The molecule has 1 amide bonds. The maximum absolute atomic E-state index is 12.4. The van der Waals surface area contributed by atoms with Gasteiger partial charge in [0.15, 0.2) is 17.6 Å². The predicted octanol–water partition coefficient (Wildman–Crippen LogP) is 2.96. The molecule has 7 nitrogen and oxygen atoms in total. The van der Waals surface area contributed by atoms with Gasteiger partial charge in [-0.05, 0) is 38.1 Å². The molecule has 0 saturated heterocycles. The first-order valence-electron chi connectivity index (χ1n) is 8.54. The molecule has 0 aromatic heterocycles. The van der Waals surface area contributed by atoms with Crippen molar-refractivity contribution < 1.29 is 28.5 Å². The Bertz CT molecular complexity index is 864. The van der Waals surface area contributed by atoms with Crippen molar-refractivity contribution in [2.24, 2.45) is 0 Å². The number of ether oxygens (including phenoxy) is 4. The normalized spacial score (nSPS) is 13.4. The summed E-state index contributed by atoms with van der Waals surface area (Å²) in [4.78, 5) is 24.8. The second-order valence-corrected chi connectivity index (χ2v) is 6.10. The monoisotopic (exact) mass is 371 g/mol. The van der Waals surface area contributed by atoms with E-state index >= 15 is 0 Å². The highest BCUT2D eigenvalue weighted by atomic mass is 16.6. The third-order valence-corrected chi connectivity index (χ3v) is 4.04. The van der Waals surface area contributed by atoms with Gasteiger partial charge >= 0.3 is 5.97 Å². The summed E-state index contributed by atoms with van der Waals surface area (Å²) in [6.45, 7) is 4.31. The SMILES string of the molecule is COc1ccc(C)cc1C(=O)O[C@@H](C)C(=O)Nc1ccc2c(c1)OCCO2. The van der Waals surface area contributed by atoms with Gasteiger partial charge in [0.05, 0.1) is 7.11 Å². The largest absolute Gasteiger partial charge is 0.496 e. The number of carbonyl (C=O) groups is 2. The second-order valence-electron chi connectivity index (χ2n) is 6.10. The highest BCUT2D eigenvalue weighted by Crippen LogP contribution is 2.32. The summed E-state index contributed by atoms with van der Waals surface area (Å²) in [5.74, 6) is 0.510. The Balaban J connectivity index is 1.65. The number of fused-ring (bicyclic) bond motifs is 1. The summed E-state index contributed by atoms with van der Waals surface area (Å²) in [7, 11) is 1.47. The number of methoxy groups -OCH3 is 1. The first-order valence-corrected chi connectivity index (χ1v) is 8.54. The molecular formula is C20H21NO6. The van der Waals surface area contributed by atoms with Crippen molar-refractivity contribution in [2.45, 2.75) is 20.0 Å². The van der Waals surface area contributed by atoms with E-state index in [1.54, 1.807) is 30.3 Å². The summed E-state index contributed by atoms with van der Waals surface area (Å²) in [5.41, 5.74) is 1.69. The number of esters is 1. The van der Waals surface area contributed by atoms with Gasteiger partial charge in [0, 0.05) is 11.8 Å². The van der Waals surface area contributed by atoms with Crippen molar-refractivity contribution >= 4 is 17.6 Å². The lowest BCUT2D eigenvalue weighted by molar-refractivity contribution is -0.123. The minimum atomic E-state index is -0.990. The molecule has 1 heterocycles. The third-order valence-electron chi connectivity index (χ3n) is 4.04. The Morgan fingerprint density at radius 3 is 2.56 bits per heavy atom. The molecule has 1 aliphatic heterocycles. The Labute approximate surface area is 157 Å². The van der Waals surface area contributed by atoms with Crippen molar-refractivity contribution in [2.75, 3.05) is 25.6 Å². The fourth-order valence-corrected chi connectivity index (χ4v) is 2.62. The molecule has 3 rings (SSSR count). The lowest BCUT2D eigenvalue weighted by Gasteiger charge is -2.19. The molecular weight excluding hydrogens is 350 g/mol. The molecule has 2 aromatic carbocycles. The zero-order chi connectivity index (χ0) is 19.4. The molecule has 27 heavy (non-hydrogen) atoms. The summed E-state index contributed by atoms with van der Waals surface area (Å²) in [6, 6.07) is 10.3. The number of carbonyl (C=O) groups excluding carboxylic acids is 2. The van der Waals surface area contributed by atoms with Crippen LogP contribution in [0.15, 0.2) is 36.4 Å². The summed E-state index contributed by atoms with van der Waals surface area (Å²) < 4.78 is 21.4. The van der Waals surface area contributed by atoms with Gasteiger partial charge < -0.3 is 24.3 Å². The maximum Gasteiger partial charge on any atom is 0.342 e. The molecule has 0 radical (unpaired) electrons. The lowest BCUT2D eigenvalue weighted by Crippen LogP contribution is -2.30. The molecule has 2 aromatic rings. The molecule has 0 aliphatic carbocycles. The van der Waals surface area contributed by atoms with Gasteiger partial charge in [0.2, 0.25) is 0 Å². The highest BCUT2D eigenvalue weighted by Gasteiger charge is 2.22. The molecule has 142 valence electrons. The predicted molar refractivity (Wildman–Crippen MR) is 98.7 cm³/mol. The second kappa shape index (κ2) is 7.99. The van der Waals surface area contributed by atoms with E-state index in [9.17, 15) is 9.59 Å². The van der Waals surface area contributed by atoms with Gasteiger partial charge in [-0.15, -0.1) is 0 Å². The van der Waals surface area contributed by atoms with E-state index in [-0.39, 0.29) is 5.56 Å². The first-order chi connectivity index (χ1) is 13.0. The van der Waals surface area contributed by atoms with Crippen molar-refractivity contribution in [3.8, 4) is 17.2 Å². The Kier molecular flexibility index (Phi) is 5.49. The van der Waals surface area contributed by atoms with Crippen LogP contribution in [0.1, 0.15) is 22.8 Å². The smallest absolute Gasteiger partial charge is 0.342 e. The standard InChI is InChI=1S/C20H21NO6/c1-12-4-6-16(24-3)15(10-12)20(23)27-13(2)19(22)21-14-5-7-17-18(11-14)26-9-8-25-17/h4-7,10-11,13H,8-9H2,1-3H3,(H,21,22)/t13-/m0/s1. The average Bonchev–Trinajstić information content (AvgIpc) is 2.67. The average molecular weight is 371 g/mol. The van der Waals surface area contributed by atoms with Crippen molar-refractivity contribution in [3.05, 3.63) is 47.5 Å². The molecule has 0 bridgehead atoms. The van der Waals surface area contributed by atoms with E-state index in [4.69, 9.17) is 18.9 Å². The molecule has 1 aliphatic rings. The molecule has 1 atom stereocenters. The minimum absolute atomic E-state index is 0.275. The van der Waals surface area contributed by atoms with Crippen LogP contribution in [0.25, 0.3) is 0 Å². The van der Waals surface area contributed by atoms with Gasteiger partial charge in [0.1, 0.15) is 24.5 Å². The third kappa shape index (κ3) is 4.31. The van der Waals surface area contributed by atoms with Gasteiger partial charge in [0.25, 0.3) is 5.91 Å². The minimum Gasteiger partial charge on any atom is -0.496 e. The zero-order valence-corrected chi connectivity index (χ0v) is 15.4. The summed E-state index contributed by atoms with van der Waals surface area (Å²) in [6.07, 6.45) is -0.990. The van der Waals surface area contributed by atoms with Crippen molar-refractivity contribution in [1.29, 1.82) is 0 Å². The highest BCUT2D eigenvalue weighted by molar-refractivity contribution is 5.98. The molecule has 0 saturated carbocycles. The molecule has 0 fully saturated rings. The Morgan fingerprint density at radius 2 is 1.81 bits per heavy atom. The van der Waals surface area contributed by atoms with Gasteiger partial charge in [-0.1, -0.05) is 11.6 Å². The quantitative estimate of drug-likeness (QED) is 0.814. The van der Waals surface area contributed by atoms with Crippen LogP contribution < -0.4 is 19.5 Å². The van der Waals surface area contributed by atoms with E-state index in [1.165, 1.54) is 14.0 Å². The number of benzene rings is 2. The summed E-state index contributed by atoms with van der Waals surface area (Å²) >= 11 is 0. The number of aryl methyl sites for hydroxylation is 1. The fourth-order valence-electron chi connectivity index (χ4n) is 2.62. The van der Waals surface area contributed by atoms with E-state index in [0.717, 1.165) is 5.56 Å². The van der Waals surface area contributed by atoms with E-state index in [2.05, 4.69) is 5.32 Å². The number of hydrogen-bond acceptors (Lipinski definition) is 6. The van der Waals surface area contributed by atoms with Gasteiger partial charge in [-0.25, -0.2) is 4.79 Å². The van der Waals surface area contributed by atoms with Crippen molar-refractivity contribution in [1.82, 2.24) is 0 Å². The van der Waals surface area contributed by atoms with E-state index < -0.39 is 18.0 Å². The number of anilines is 1. The first kappa shape index (κ1) is 18.6. The van der Waals surface area contributed by atoms with Crippen LogP contribution in [-0.4, -0.2) is 38.3 Å². The molecule has 0 spiro atoms. The van der Waals surface area contributed by atoms with Gasteiger partial charge in [-0.2, -0.15) is 0 Å². The molecule has 1 N–H and O–H groups in total. The molecule has 0 unspecified atom stereocenters. The van der Waals surface area contributed by atoms with E-state index in [0.29, 0.717) is 36.1 Å². The van der Waals surface area contributed by atoms with E-state index in [1.807, 2.05) is 13.0 Å². The van der Waals surface area contributed by atoms with Crippen molar-refractivity contribution in [3.63, 3.8) is 0 Å². The Hall–Kier alpha value is -3.22.